The summed E-state index contributed by atoms with van der Waals surface area (Å²) in [6, 6.07) is 12.5. The van der Waals surface area contributed by atoms with Crippen LogP contribution in [-0.2, 0) is 0 Å². The van der Waals surface area contributed by atoms with E-state index >= 15 is 0 Å². The number of nitriles is 2. The summed E-state index contributed by atoms with van der Waals surface area (Å²) in [6.07, 6.45) is 10.7. The maximum absolute atomic E-state index is 9.14. The number of thioether (sulfide) groups is 1. The number of anilines is 1. The number of para-hydroxylation sites is 1. The Bertz CT molecular complexity index is 950. The molecule has 0 saturated carbocycles. The second-order valence-corrected chi connectivity index (χ2v) is 7.94. The van der Waals surface area contributed by atoms with Gasteiger partial charge in [-0.3, -0.25) is 0 Å². The van der Waals surface area contributed by atoms with E-state index in [4.69, 9.17) is 10.5 Å². The molecule has 0 N–H and O–H groups in total. The normalized spacial score (nSPS) is 22.7. The van der Waals surface area contributed by atoms with Crippen LogP contribution in [0.1, 0.15) is 25.7 Å². The number of nitrogens with zero attached hydrogens (tertiary/aromatic N) is 3. The fraction of sp³-hybridized carbons (Fsp3) is 0.273. The SMILES string of the molecule is CN1C(=CC2=CC3=CC(=C(C#N)C#N)CCC3CC2)Sc2ccccc21. The van der Waals surface area contributed by atoms with Crippen LogP contribution in [0.3, 0.4) is 0 Å². The van der Waals surface area contributed by atoms with Crippen LogP contribution < -0.4 is 4.90 Å². The maximum atomic E-state index is 9.14. The molecule has 1 aliphatic heterocycles. The standard InChI is InChI=1S/C22H19N3S/c1-25-20-4-2-3-5-21(20)26-22(25)11-15-6-7-16-8-9-17(12-18(16)10-15)19(13-23)14-24/h2-5,10-12,16H,6-9H2,1H3. The summed E-state index contributed by atoms with van der Waals surface area (Å²) < 4.78 is 0. The molecule has 2 aliphatic carbocycles. The van der Waals surface area contributed by atoms with Gasteiger partial charge in [-0.15, -0.1) is 0 Å². The monoisotopic (exact) mass is 357 g/mol. The molecule has 3 aliphatic rings. The quantitative estimate of drug-likeness (QED) is 0.625. The molecule has 0 spiro atoms. The number of hydrogen-bond acceptors (Lipinski definition) is 4. The molecule has 4 heteroatoms. The van der Waals surface area contributed by atoms with Crippen molar-refractivity contribution in [2.45, 2.75) is 30.6 Å². The van der Waals surface area contributed by atoms with E-state index in [0.29, 0.717) is 5.92 Å². The molecule has 128 valence electrons. The van der Waals surface area contributed by atoms with Gasteiger partial charge >= 0.3 is 0 Å². The fourth-order valence-electron chi connectivity index (χ4n) is 3.87. The molecule has 0 amide bonds. The number of fused-ring (bicyclic) bond motifs is 2. The number of benzene rings is 1. The van der Waals surface area contributed by atoms with Gasteiger partial charge in [-0.2, -0.15) is 10.5 Å². The van der Waals surface area contributed by atoms with E-state index in [1.807, 2.05) is 23.9 Å². The lowest BCUT2D eigenvalue weighted by Gasteiger charge is -2.28. The highest BCUT2D eigenvalue weighted by molar-refractivity contribution is 8.03. The molecule has 0 bridgehead atoms. The molecule has 26 heavy (non-hydrogen) atoms. The predicted molar refractivity (Wildman–Crippen MR) is 105 cm³/mol. The Morgan fingerprint density at radius 1 is 1.15 bits per heavy atom. The highest BCUT2D eigenvalue weighted by atomic mass is 32.2. The fourth-order valence-corrected chi connectivity index (χ4v) is 5.00. The first-order chi connectivity index (χ1) is 12.7. The van der Waals surface area contributed by atoms with Gasteiger partial charge < -0.3 is 4.90 Å². The van der Waals surface area contributed by atoms with Gasteiger partial charge in [-0.25, -0.2) is 0 Å². The summed E-state index contributed by atoms with van der Waals surface area (Å²) in [7, 11) is 2.11. The van der Waals surface area contributed by atoms with Gasteiger partial charge in [0.05, 0.1) is 10.7 Å². The van der Waals surface area contributed by atoms with E-state index < -0.39 is 0 Å². The molecule has 1 aromatic rings. The third kappa shape index (κ3) is 2.98. The van der Waals surface area contributed by atoms with Crippen molar-refractivity contribution < 1.29 is 0 Å². The maximum Gasteiger partial charge on any atom is 0.132 e. The molecule has 0 aromatic heterocycles. The average Bonchev–Trinajstić information content (AvgIpc) is 2.98. The molecule has 3 nitrogen and oxygen atoms in total. The van der Waals surface area contributed by atoms with Crippen LogP contribution in [0.4, 0.5) is 5.69 Å². The minimum absolute atomic E-state index is 0.261. The zero-order valence-electron chi connectivity index (χ0n) is 14.7. The van der Waals surface area contributed by atoms with Gasteiger partial charge in [-0.05, 0) is 66.5 Å². The summed E-state index contributed by atoms with van der Waals surface area (Å²) in [5, 5.41) is 19.5. The summed E-state index contributed by atoms with van der Waals surface area (Å²) in [5.41, 5.74) is 5.01. The van der Waals surface area contributed by atoms with Gasteiger partial charge in [0.25, 0.3) is 0 Å². The predicted octanol–water partition coefficient (Wildman–Crippen LogP) is 5.47. The summed E-state index contributed by atoms with van der Waals surface area (Å²) >= 11 is 1.81. The van der Waals surface area contributed by atoms with Crippen molar-refractivity contribution in [3.8, 4) is 12.1 Å². The van der Waals surface area contributed by atoms with Crippen molar-refractivity contribution in [3.63, 3.8) is 0 Å². The Morgan fingerprint density at radius 3 is 2.69 bits per heavy atom. The lowest BCUT2D eigenvalue weighted by molar-refractivity contribution is 0.502. The van der Waals surface area contributed by atoms with E-state index in [9.17, 15) is 0 Å². The van der Waals surface area contributed by atoms with E-state index in [1.165, 1.54) is 26.8 Å². The van der Waals surface area contributed by atoms with Crippen molar-refractivity contribution in [2.75, 3.05) is 11.9 Å². The van der Waals surface area contributed by atoms with Gasteiger partial charge in [0.2, 0.25) is 0 Å². The van der Waals surface area contributed by atoms with E-state index in [1.54, 1.807) is 0 Å². The van der Waals surface area contributed by atoms with E-state index in [0.717, 1.165) is 31.3 Å². The van der Waals surface area contributed by atoms with Crippen LogP contribution in [0.15, 0.2) is 74.7 Å². The zero-order valence-corrected chi connectivity index (χ0v) is 15.5. The Balaban J connectivity index is 1.65. The molecule has 4 rings (SSSR count). The Hall–Kier alpha value is -2.69. The van der Waals surface area contributed by atoms with Crippen LogP contribution in [0, 0.1) is 28.6 Å². The zero-order chi connectivity index (χ0) is 18.1. The molecule has 1 heterocycles. The smallest absolute Gasteiger partial charge is 0.132 e. The Morgan fingerprint density at radius 2 is 1.92 bits per heavy atom. The molecule has 0 radical (unpaired) electrons. The topological polar surface area (TPSA) is 50.8 Å². The third-order valence-electron chi connectivity index (χ3n) is 5.33. The number of hydrogen-bond donors (Lipinski definition) is 0. The summed E-state index contributed by atoms with van der Waals surface area (Å²) in [4.78, 5) is 3.54. The Kier molecular flexibility index (Phi) is 4.45. The number of allylic oxidation sites excluding steroid dienone is 7. The first-order valence-electron chi connectivity index (χ1n) is 8.87. The first kappa shape index (κ1) is 16.8. The van der Waals surface area contributed by atoms with Crippen LogP contribution in [0.5, 0.6) is 0 Å². The van der Waals surface area contributed by atoms with Crippen molar-refractivity contribution in [1.82, 2.24) is 0 Å². The minimum atomic E-state index is 0.261. The molecule has 1 unspecified atom stereocenters. The second kappa shape index (κ2) is 6.90. The van der Waals surface area contributed by atoms with Crippen LogP contribution >= 0.6 is 11.8 Å². The van der Waals surface area contributed by atoms with Gasteiger partial charge in [0.15, 0.2) is 0 Å². The van der Waals surface area contributed by atoms with Gasteiger partial charge in [0, 0.05) is 11.9 Å². The molecule has 0 saturated heterocycles. The van der Waals surface area contributed by atoms with Crippen LogP contribution in [0.2, 0.25) is 0 Å². The lowest BCUT2D eigenvalue weighted by Crippen LogP contribution is -2.14. The third-order valence-corrected chi connectivity index (χ3v) is 6.50. The summed E-state index contributed by atoms with van der Waals surface area (Å²) in [5.74, 6) is 0.561. The highest BCUT2D eigenvalue weighted by Gasteiger charge is 2.26. The lowest BCUT2D eigenvalue weighted by atomic mass is 9.77. The van der Waals surface area contributed by atoms with E-state index in [-0.39, 0.29) is 5.57 Å². The van der Waals surface area contributed by atoms with Crippen molar-refractivity contribution in [1.29, 1.82) is 10.5 Å². The van der Waals surface area contributed by atoms with E-state index in [2.05, 4.69) is 54.4 Å². The van der Waals surface area contributed by atoms with Gasteiger partial charge in [-0.1, -0.05) is 36.0 Å². The molecular formula is C22H19N3S. The molecule has 1 atom stereocenters. The minimum Gasteiger partial charge on any atom is -0.338 e. The molecule has 1 aromatic carbocycles. The van der Waals surface area contributed by atoms with Crippen molar-refractivity contribution in [2.24, 2.45) is 5.92 Å². The molecule has 0 fully saturated rings. The number of rotatable bonds is 1. The Labute approximate surface area is 158 Å². The molecular weight excluding hydrogens is 338 g/mol. The average molecular weight is 357 g/mol. The highest BCUT2D eigenvalue weighted by Crippen LogP contribution is 2.46. The second-order valence-electron chi connectivity index (χ2n) is 6.87. The summed E-state index contributed by atoms with van der Waals surface area (Å²) in [6.45, 7) is 0. The van der Waals surface area contributed by atoms with Crippen LogP contribution in [-0.4, -0.2) is 7.05 Å². The largest absolute Gasteiger partial charge is 0.338 e. The first-order valence-corrected chi connectivity index (χ1v) is 9.69. The van der Waals surface area contributed by atoms with Crippen molar-refractivity contribution in [3.05, 3.63) is 69.8 Å². The van der Waals surface area contributed by atoms with Crippen molar-refractivity contribution >= 4 is 17.4 Å². The van der Waals surface area contributed by atoms with Crippen LogP contribution in [0.25, 0.3) is 0 Å². The van der Waals surface area contributed by atoms with Gasteiger partial charge in [0.1, 0.15) is 17.7 Å².